The molecule has 1 atom stereocenters. The number of benzene rings is 1. The Bertz CT molecular complexity index is 444. The Labute approximate surface area is 105 Å². The summed E-state index contributed by atoms with van der Waals surface area (Å²) in [6, 6.07) is 4.98. The molecule has 0 radical (unpaired) electrons. The van der Waals surface area contributed by atoms with Crippen LogP contribution >= 0.6 is 0 Å². The quantitative estimate of drug-likeness (QED) is 0.501. The molecule has 1 aliphatic heterocycles. The molecular formula is C12H17N3O3. The fourth-order valence-corrected chi connectivity index (χ4v) is 2.25. The first-order valence-corrected chi connectivity index (χ1v) is 5.95. The summed E-state index contributed by atoms with van der Waals surface area (Å²) in [7, 11) is 1.82. The maximum Gasteiger partial charge on any atom is 0.315 e. The molecule has 1 aromatic carbocycles. The molecule has 18 heavy (non-hydrogen) atoms. The van der Waals surface area contributed by atoms with Gasteiger partial charge in [0.2, 0.25) is 0 Å². The second kappa shape index (κ2) is 5.22. The SMILES string of the molecule is CN(CC1CCCO1)c1cccc(N)c1[N+](=O)[O-]. The second-order valence-corrected chi connectivity index (χ2v) is 4.49. The Hall–Kier alpha value is -1.82. The van der Waals surface area contributed by atoms with E-state index in [4.69, 9.17) is 10.5 Å². The molecule has 0 amide bonds. The van der Waals surface area contributed by atoms with Gasteiger partial charge < -0.3 is 15.4 Å². The third-order valence-corrected chi connectivity index (χ3v) is 3.14. The second-order valence-electron chi connectivity index (χ2n) is 4.49. The molecule has 0 aliphatic carbocycles. The van der Waals surface area contributed by atoms with Gasteiger partial charge in [-0.1, -0.05) is 6.07 Å². The molecule has 2 N–H and O–H groups in total. The van der Waals surface area contributed by atoms with Crippen molar-refractivity contribution in [3.8, 4) is 0 Å². The van der Waals surface area contributed by atoms with Crippen LogP contribution in [0.15, 0.2) is 18.2 Å². The highest BCUT2D eigenvalue weighted by atomic mass is 16.6. The lowest BCUT2D eigenvalue weighted by molar-refractivity contribution is -0.383. The number of nitrogen functional groups attached to an aromatic ring is 1. The summed E-state index contributed by atoms with van der Waals surface area (Å²) in [5.41, 5.74) is 6.37. The highest BCUT2D eigenvalue weighted by Gasteiger charge is 2.24. The van der Waals surface area contributed by atoms with Gasteiger partial charge in [-0.25, -0.2) is 0 Å². The highest BCUT2D eigenvalue weighted by molar-refractivity contribution is 5.75. The lowest BCUT2D eigenvalue weighted by Gasteiger charge is -2.22. The molecule has 6 nitrogen and oxygen atoms in total. The van der Waals surface area contributed by atoms with Gasteiger partial charge in [0.25, 0.3) is 0 Å². The molecule has 0 aromatic heterocycles. The molecule has 0 bridgehead atoms. The standard InChI is InChI=1S/C12H17N3O3/c1-14(8-9-4-3-7-18-9)11-6-2-5-10(13)12(11)15(16)17/h2,5-6,9H,3-4,7-8,13H2,1H3. The fourth-order valence-electron chi connectivity index (χ4n) is 2.25. The molecule has 1 aromatic rings. The van der Waals surface area contributed by atoms with E-state index < -0.39 is 4.92 Å². The van der Waals surface area contributed by atoms with Crippen molar-refractivity contribution in [3.05, 3.63) is 28.3 Å². The van der Waals surface area contributed by atoms with E-state index in [-0.39, 0.29) is 17.5 Å². The fraction of sp³-hybridized carbons (Fsp3) is 0.500. The maximum absolute atomic E-state index is 11.1. The molecule has 1 saturated heterocycles. The zero-order chi connectivity index (χ0) is 13.1. The number of nitrogens with two attached hydrogens (primary N) is 1. The van der Waals surface area contributed by atoms with Gasteiger partial charge >= 0.3 is 5.69 Å². The first-order chi connectivity index (χ1) is 8.59. The summed E-state index contributed by atoms with van der Waals surface area (Å²) in [6.45, 7) is 1.42. The predicted octanol–water partition coefficient (Wildman–Crippen LogP) is 1.79. The normalized spacial score (nSPS) is 18.8. The minimum Gasteiger partial charge on any atom is -0.393 e. The largest absolute Gasteiger partial charge is 0.393 e. The molecule has 2 rings (SSSR count). The zero-order valence-electron chi connectivity index (χ0n) is 10.3. The van der Waals surface area contributed by atoms with E-state index in [1.807, 2.05) is 11.9 Å². The van der Waals surface area contributed by atoms with Gasteiger partial charge in [-0.05, 0) is 25.0 Å². The van der Waals surface area contributed by atoms with Crippen molar-refractivity contribution in [2.45, 2.75) is 18.9 Å². The topological polar surface area (TPSA) is 81.6 Å². The van der Waals surface area contributed by atoms with E-state index in [9.17, 15) is 10.1 Å². The minimum absolute atomic E-state index is 0.0296. The van der Waals surface area contributed by atoms with E-state index in [0.717, 1.165) is 19.4 Å². The van der Waals surface area contributed by atoms with E-state index in [1.54, 1.807) is 18.2 Å². The Morgan fingerprint density at radius 3 is 3.00 bits per heavy atom. The van der Waals surface area contributed by atoms with Gasteiger partial charge in [-0.15, -0.1) is 0 Å². The van der Waals surface area contributed by atoms with Gasteiger partial charge in [-0.2, -0.15) is 0 Å². The summed E-state index contributed by atoms with van der Waals surface area (Å²) < 4.78 is 5.53. The molecule has 1 heterocycles. The molecule has 1 unspecified atom stereocenters. The number of nitro groups is 1. The van der Waals surface area contributed by atoms with Crippen molar-refractivity contribution < 1.29 is 9.66 Å². The highest BCUT2D eigenvalue weighted by Crippen LogP contribution is 2.33. The molecule has 1 fully saturated rings. The van der Waals surface area contributed by atoms with Crippen molar-refractivity contribution in [2.24, 2.45) is 0 Å². The number of anilines is 2. The summed E-state index contributed by atoms with van der Waals surface area (Å²) in [5.74, 6) is 0. The number of nitro benzene ring substituents is 1. The number of nitrogens with zero attached hydrogens (tertiary/aromatic N) is 2. The minimum atomic E-state index is -0.434. The molecule has 98 valence electrons. The van der Waals surface area contributed by atoms with E-state index in [1.165, 1.54) is 0 Å². The van der Waals surface area contributed by atoms with Crippen LogP contribution in [0.5, 0.6) is 0 Å². The molecule has 0 spiro atoms. The van der Waals surface area contributed by atoms with E-state index >= 15 is 0 Å². The van der Waals surface area contributed by atoms with Gasteiger partial charge in [-0.3, -0.25) is 10.1 Å². The van der Waals surface area contributed by atoms with Crippen molar-refractivity contribution in [2.75, 3.05) is 30.8 Å². The number of hydrogen-bond acceptors (Lipinski definition) is 5. The van der Waals surface area contributed by atoms with Crippen LogP contribution in [0.2, 0.25) is 0 Å². The van der Waals surface area contributed by atoms with Gasteiger partial charge in [0.05, 0.1) is 11.0 Å². The first-order valence-electron chi connectivity index (χ1n) is 5.95. The van der Waals surface area contributed by atoms with Crippen LogP contribution < -0.4 is 10.6 Å². The van der Waals surface area contributed by atoms with Crippen LogP contribution in [-0.2, 0) is 4.74 Å². The number of hydrogen-bond donors (Lipinski definition) is 1. The molecule has 6 heteroatoms. The Balaban J connectivity index is 2.20. The summed E-state index contributed by atoms with van der Waals surface area (Å²) in [6.07, 6.45) is 2.20. The van der Waals surface area contributed by atoms with Gasteiger partial charge in [0.15, 0.2) is 0 Å². The van der Waals surface area contributed by atoms with Crippen molar-refractivity contribution in [1.29, 1.82) is 0 Å². The molecule has 1 aliphatic rings. The number of likely N-dealkylation sites (N-methyl/N-ethyl adjacent to an activating group) is 1. The lowest BCUT2D eigenvalue weighted by atomic mass is 10.2. The van der Waals surface area contributed by atoms with Crippen LogP contribution in [0, 0.1) is 10.1 Å². The molecule has 0 saturated carbocycles. The number of para-hydroxylation sites is 1. The average Bonchev–Trinajstić information content (AvgIpc) is 2.80. The van der Waals surface area contributed by atoms with Crippen LogP contribution in [0.25, 0.3) is 0 Å². The van der Waals surface area contributed by atoms with Crippen LogP contribution in [-0.4, -0.2) is 31.2 Å². The Morgan fingerprint density at radius 2 is 2.39 bits per heavy atom. The number of rotatable bonds is 4. The first kappa shape index (κ1) is 12.6. The third kappa shape index (κ3) is 2.53. The van der Waals surface area contributed by atoms with Crippen LogP contribution in [0.3, 0.4) is 0 Å². The van der Waals surface area contributed by atoms with Crippen molar-refractivity contribution >= 4 is 17.1 Å². The summed E-state index contributed by atoms with van der Waals surface area (Å²) in [4.78, 5) is 12.5. The monoisotopic (exact) mass is 251 g/mol. The smallest absolute Gasteiger partial charge is 0.315 e. The average molecular weight is 251 g/mol. The molecular weight excluding hydrogens is 234 g/mol. The summed E-state index contributed by atoms with van der Waals surface area (Å²) in [5, 5.41) is 11.1. The zero-order valence-corrected chi connectivity index (χ0v) is 10.3. The maximum atomic E-state index is 11.1. The number of ether oxygens (including phenoxy) is 1. The summed E-state index contributed by atoms with van der Waals surface area (Å²) >= 11 is 0. The van der Waals surface area contributed by atoms with Crippen molar-refractivity contribution in [3.63, 3.8) is 0 Å². The van der Waals surface area contributed by atoms with E-state index in [2.05, 4.69) is 0 Å². The Morgan fingerprint density at radius 1 is 1.61 bits per heavy atom. The van der Waals surface area contributed by atoms with Gasteiger partial charge in [0, 0.05) is 20.2 Å². The van der Waals surface area contributed by atoms with Crippen LogP contribution in [0.1, 0.15) is 12.8 Å². The predicted molar refractivity (Wildman–Crippen MR) is 69.8 cm³/mol. The Kier molecular flexibility index (Phi) is 3.66. The lowest BCUT2D eigenvalue weighted by Crippen LogP contribution is -2.29. The van der Waals surface area contributed by atoms with Gasteiger partial charge in [0.1, 0.15) is 11.4 Å². The third-order valence-electron chi connectivity index (χ3n) is 3.14. The van der Waals surface area contributed by atoms with Crippen molar-refractivity contribution in [1.82, 2.24) is 0 Å². The van der Waals surface area contributed by atoms with E-state index in [0.29, 0.717) is 12.2 Å². The van der Waals surface area contributed by atoms with Crippen LogP contribution in [0.4, 0.5) is 17.1 Å².